The lowest BCUT2D eigenvalue weighted by atomic mass is 10.3. The van der Waals surface area contributed by atoms with E-state index in [0.717, 1.165) is 17.1 Å². The topological polar surface area (TPSA) is 85.8 Å². The number of aryl methyl sites for hydroxylation is 2. The summed E-state index contributed by atoms with van der Waals surface area (Å²) in [6.45, 7) is 5.69. The molecule has 0 aliphatic heterocycles. The molecule has 0 atom stereocenters. The maximum Gasteiger partial charge on any atom is 0.246 e. The summed E-state index contributed by atoms with van der Waals surface area (Å²) in [4.78, 5) is 16.0. The van der Waals surface area contributed by atoms with Crippen LogP contribution in [0.15, 0.2) is 18.3 Å². The van der Waals surface area contributed by atoms with Crippen LogP contribution < -0.4 is 11.1 Å². The van der Waals surface area contributed by atoms with Crippen LogP contribution in [0.2, 0.25) is 0 Å². The molecule has 0 saturated heterocycles. The van der Waals surface area contributed by atoms with Crippen LogP contribution in [0.5, 0.6) is 0 Å². The number of rotatable bonds is 3. The molecule has 0 spiro atoms. The molecule has 1 amide bonds. The van der Waals surface area contributed by atoms with Crippen LogP contribution in [0.3, 0.4) is 0 Å². The van der Waals surface area contributed by atoms with Crippen molar-refractivity contribution in [2.75, 3.05) is 11.1 Å². The van der Waals surface area contributed by atoms with E-state index in [4.69, 9.17) is 5.73 Å². The zero-order chi connectivity index (χ0) is 14.0. The number of aromatic nitrogens is 3. The predicted octanol–water partition coefficient (Wildman–Crippen LogP) is 1.42. The number of nitrogens with one attached hydrogen (secondary N) is 1. The van der Waals surface area contributed by atoms with Gasteiger partial charge in [0.1, 0.15) is 6.54 Å². The van der Waals surface area contributed by atoms with Crippen molar-refractivity contribution in [3.63, 3.8) is 0 Å². The highest BCUT2D eigenvalue weighted by Gasteiger charge is 2.11. The van der Waals surface area contributed by atoms with Crippen LogP contribution in [-0.4, -0.2) is 20.7 Å². The summed E-state index contributed by atoms with van der Waals surface area (Å²) in [5, 5.41) is 6.99. The summed E-state index contributed by atoms with van der Waals surface area (Å²) in [5.74, 6) is -0.156. The first-order valence-electron chi connectivity index (χ1n) is 5.99. The highest BCUT2D eigenvalue weighted by Crippen LogP contribution is 2.14. The van der Waals surface area contributed by atoms with Crippen molar-refractivity contribution >= 4 is 17.3 Å². The lowest BCUT2D eigenvalue weighted by Crippen LogP contribution is -2.20. The Hall–Kier alpha value is -2.37. The van der Waals surface area contributed by atoms with E-state index in [1.54, 1.807) is 10.9 Å². The Balaban J connectivity index is 2.05. The van der Waals surface area contributed by atoms with Gasteiger partial charge in [0.05, 0.1) is 29.0 Å². The molecule has 0 saturated carbocycles. The van der Waals surface area contributed by atoms with Crippen LogP contribution in [0.1, 0.15) is 17.1 Å². The molecular formula is C13H17N5O. The highest BCUT2D eigenvalue weighted by molar-refractivity contribution is 5.90. The Labute approximate surface area is 111 Å². The molecule has 0 aliphatic carbocycles. The zero-order valence-corrected chi connectivity index (χ0v) is 11.3. The molecule has 100 valence electrons. The van der Waals surface area contributed by atoms with E-state index in [2.05, 4.69) is 15.4 Å². The minimum atomic E-state index is -0.156. The number of hydrogen-bond donors (Lipinski definition) is 2. The number of anilines is 2. The highest BCUT2D eigenvalue weighted by atomic mass is 16.2. The fourth-order valence-electron chi connectivity index (χ4n) is 1.74. The lowest BCUT2D eigenvalue weighted by Gasteiger charge is -2.06. The van der Waals surface area contributed by atoms with Gasteiger partial charge in [-0.1, -0.05) is 0 Å². The van der Waals surface area contributed by atoms with E-state index in [-0.39, 0.29) is 12.5 Å². The quantitative estimate of drug-likeness (QED) is 0.873. The molecule has 2 heterocycles. The van der Waals surface area contributed by atoms with Crippen LogP contribution in [0.4, 0.5) is 11.4 Å². The molecule has 6 heteroatoms. The van der Waals surface area contributed by atoms with Crippen LogP contribution >= 0.6 is 0 Å². The summed E-state index contributed by atoms with van der Waals surface area (Å²) in [6.07, 6.45) is 1.63. The molecule has 2 rings (SSSR count). The van der Waals surface area contributed by atoms with E-state index in [9.17, 15) is 4.79 Å². The first-order chi connectivity index (χ1) is 8.97. The molecular weight excluding hydrogens is 242 g/mol. The molecule has 0 radical (unpaired) electrons. The van der Waals surface area contributed by atoms with Gasteiger partial charge in [0.15, 0.2) is 0 Å². The molecule has 6 nitrogen and oxygen atoms in total. The van der Waals surface area contributed by atoms with Gasteiger partial charge in [-0.2, -0.15) is 5.10 Å². The second kappa shape index (κ2) is 5.09. The average Bonchev–Trinajstić information content (AvgIpc) is 2.60. The second-order valence-electron chi connectivity index (χ2n) is 4.48. The maximum absolute atomic E-state index is 11.9. The lowest BCUT2D eigenvalue weighted by molar-refractivity contribution is -0.116. The van der Waals surface area contributed by atoms with Crippen molar-refractivity contribution in [3.8, 4) is 0 Å². The van der Waals surface area contributed by atoms with E-state index in [0.29, 0.717) is 11.4 Å². The van der Waals surface area contributed by atoms with Crippen LogP contribution in [0.25, 0.3) is 0 Å². The van der Waals surface area contributed by atoms with Gasteiger partial charge in [0, 0.05) is 5.69 Å². The monoisotopic (exact) mass is 259 g/mol. The number of nitrogens with two attached hydrogens (primary N) is 1. The van der Waals surface area contributed by atoms with E-state index in [1.807, 2.05) is 32.9 Å². The number of amides is 1. The van der Waals surface area contributed by atoms with Gasteiger partial charge in [-0.15, -0.1) is 0 Å². The van der Waals surface area contributed by atoms with Crippen molar-refractivity contribution in [1.29, 1.82) is 0 Å². The van der Waals surface area contributed by atoms with Gasteiger partial charge in [-0.25, -0.2) is 0 Å². The smallest absolute Gasteiger partial charge is 0.246 e. The Kier molecular flexibility index (Phi) is 3.50. The fraction of sp³-hybridized carbons (Fsp3) is 0.308. The van der Waals surface area contributed by atoms with Crippen molar-refractivity contribution in [1.82, 2.24) is 14.8 Å². The molecule has 0 aromatic carbocycles. The Morgan fingerprint density at radius 1 is 1.37 bits per heavy atom. The third kappa shape index (κ3) is 2.90. The SMILES string of the molecule is Cc1ccc(NC(=O)Cn2nc(C)c(N)c2C)cn1. The summed E-state index contributed by atoms with van der Waals surface area (Å²) in [5.41, 5.74) is 9.57. The summed E-state index contributed by atoms with van der Waals surface area (Å²) < 4.78 is 1.60. The van der Waals surface area contributed by atoms with Crippen molar-refractivity contribution in [3.05, 3.63) is 35.4 Å². The molecule has 0 aliphatic rings. The van der Waals surface area contributed by atoms with Crippen LogP contribution in [0, 0.1) is 20.8 Å². The third-order valence-electron chi connectivity index (χ3n) is 2.93. The minimum Gasteiger partial charge on any atom is -0.396 e. The zero-order valence-electron chi connectivity index (χ0n) is 11.3. The number of nitrogens with zero attached hydrogens (tertiary/aromatic N) is 3. The average molecular weight is 259 g/mol. The predicted molar refractivity (Wildman–Crippen MR) is 73.7 cm³/mol. The first kappa shape index (κ1) is 13.1. The van der Waals surface area contributed by atoms with Gasteiger partial charge in [-0.3, -0.25) is 14.5 Å². The number of pyridine rings is 1. The largest absolute Gasteiger partial charge is 0.396 e. The standard InChI is InChI=1S/C13H17N5O/c1-8-4-5-11(6-15-8)16-12(19)7-18-10(3)13(14)9(2)17-18/h4-6H,7,14H2,1-3H3,(H,16,19). The number of carbonyl (C=O) groups is 1. The fourth-order valence-corrected chi connectivity index (χ4v) is 1.74. The summed E-state index contributed by atoms with van der Waals surface area (Å²) in [6, 6.07) is 3.66. The van der Waals surface area contributed by atoms with Gasteiger partial charge in [0.2, 0.25) is 5.91 Å². The third-order valence-corrected chi connectivity index (χ3v) is 2.93. The summed E-state index contributed by atoms with van der Waals surface area (Å²) >= 11 is 0. The Morgan fingerprint density at radius 3 is 2.63 bits per heavy atom. The normalized spacial score (nSPS) is 10.5. The first-order valence-corrected chi connectivity index (χ1v) is 5.99. The Morgan fingerprint density at radius 2 is 2.11 bits per heavy atom. The van der Waals surface area contributed by atoms with Crippen molar-refractivity contribution in [2.24, 2.45) is 0 Å². The van der Waals surface area contributed by atoms with Crippen molar-refractivity contribution < 1.29 is 4.79 Å². The van der Waals surface area contributed by atoms with E-state index in [1.165, 1.54) is 0 Å². The van der Waals surface area contributed by atoms with Gasteiger partial charge in [-0.05, 0) is 32.9 Å². The molecule has 3 N–H and O–H groups in total. The van der Waals surface area contributed by atoms with Gasteiger partial charge >= 0.3 is 0 Å². The second-order valence-corrected chi connectivity index (χ2v) is 4.48. The molecule has 2 aromatic heterocycles. The molecule has 0 fully saturated rings. The molecule has 0 bridgehead atoms. The van der Waals surface area contributed by atoms with E-state index >= 15 is 0 Å². The molecule has 2 aromatic rings. The van der Waals surface area contributed by atoms with Crippen molar-refractivity contribution in [2.45, 2.75) is 27.3 Å². The molecule has 19 heavy (non-hydrogen) atoms. The molecule has 0 unspecified atom stereocenters. The number of hydrogen-bond acceptors (Lipinski definition) is 4. The van der Waals surface area contributed by atoms with Crippen LogP contribution in [-0.2, 0) is 11.3 Å². The maximum atomic E-state index is 11.9. The summed E-state index contributed by atoms with van der Waals surface area (Å²) in [7, 11) is 0. The Bertz CT molecular complexity index is 600. The van der Waals surface area contributed by atoms with Gasteiger partial charge < -0.3 is 11.1 Å². The number of carbonyl (C=O) groups excluding carboxylic acids is 1. The minimum absolute atomic E-state index is 0.137. The number of nitrogen functional groups attached to an aromatic ring is 1. The van der Waals surface area contributed by atoms with Gasteiger partial charge in [0.25, 0.3) is 0 Å². The van der Waals surface area contributed by atoms with E-state index < -0.39 is 0 Å².